The van der Waals surface area contributed by atoms with Gasteiger partial charge in [0.15, 0.2) is 0 Å². The van der Waals surface area contributed by atoms with Crippen LogP contribution in [0.25, 0.3) is 5.57 Å². The molecule has 0 fully saturated rings. The third-order valence-electron chi connectivity index (χ3n) is 2.08. The molecule has 1 aromatic carbocycles. The Morgan fingerprint density at radius 3 is 2.53 bits per heavy atom. The summed E-state index contributed by atoms with van der Waals surface area (Å²) in [7, 11) is 0. The maximum Gasteiger partial charge on any atom is 0.393 e. The van der Waals surface area contributed by atoms with Crippen LogP contribution in [0.15, 0.2) is 30.3 Å². The Bertz CT molecular complexity index is 447. The molecule has 0 saturated carbocycles. The molecule has 0 aliphatic rings. The van der Waals surface area contributed by atoms with Gasteiger partial charge in [-0.2, -0.15) is 13.2 Å². The molecule has 0 aromatic heterocycles. The van der Waals surface area contributed by atoms with Crippen LogP contribution in [0, 0.1) is 6.92 Å². The van der Waals surface area contributed by atoms with Gasteiger partial charge in [0, 0.05) is 6.08 Å². The van der Waals surface area contributed by atoms with E-state index in [4.69, 9.17) is 5.11 Å². The zero-order valence-corrected chi connectivity index (χ0v) is 9.08. The van der Waals surface area contributed by atoms with Gasteiger partial charge in [-0.25, -0.2) is 4.79 Å². The van der Waals surface area contributed by atoms with Gasteiger partial charge in [0.25, 0.3) is 0 Å². The van der Waals surface area contributed by atoms with Crippen LogP contribution in [0.5, 0.6) is 0 Å². The molecule has 0 amide bonds. The Morgan fingerprint density at radius 2 is 2.06 bits per heavy atom. The molecule has 0 saturated heterocycles. The van der Waals surface area contributed by atoms with Crippen molar-refractivity contribution in [2.24, 2.45) is 0 Å². The van der Waals surface area contributed by atoms with Gasteiger partial charge in [-0.1, -0.05) is 29.8 Å². The van der Waals surface area contributed by atoms with E-state index in [1.165, 1.54) is 12.1 Å². The molecular formula is C12H11F3O2. The molecule has 17 heavy (non-hydrogen) atoms. The number of carboxylic acid groups (broad SMARTS) is 1. The minimum absolute atomic E-state index is 0.242. The lowest BCUT2D eigenvalue weighted by molar-refractivity contribution is -0.131. The normalized spacial score (nSPS) is 12.6. The molecule has 1 N–H and O–H groups in total. The molecule has 1 rings (SSSR count). The number of aliphatic carboxylic acids is 1. The molecule has 2 nitrogen and oxygen atoms in total. The molecule has 0 bridgehead atoms. The standard InChI is InChI=1S/C12H11F3O2/c1-8-3-2-4-9(5-8)10(6-11(16)17)7-12(13,14)15/h2-6H,7H2,1H3,(H,16,17)/b10-6+. The second-order valence-corrected chi connectivity index (χ2v) is 3.67. The van der Waals surface area contributed by atoms with Crippen LogP contribution in [-0.2, 0) is 4.79 Å². The van der Waals surface area contributed by atoms with Crippen molar-refractivity contribution in [2.75, 3.05) is 0 Å². The molecule has 0 atom stereocenters. The van der Waals surface area contributed by atoms with Crippen LogP contribution in [0.3, 0.4) is 0 Å². The maximum absolute atomic E-state index is 12.3. The van der Waals surface area contributed by atoms with Gasteiger partial charge in [-0.05, 0) is 18.1 Å². The first-order chi connectivity index (χ1) is 7.78. The van der Waals surface area contributed by atoms with Crippen LogP contribution in [0.1, 0.15) is 17.5 Å². The molecule has 0 unspecified atom stereocenters. The minimum Gasteiger partial charge on any atom is -0.478 e. The molecule has 0 radical (unpaired) electrons. The number of rotatable bonds is 3. The van der Waals surface area contributed by atoms with Crippen molar-refractivity contribution in [2.45, 2.75) is 19.5 Å². The number of carboxylic acids is 1. The molecule has 0 aliphatic carbocycles. The van der Waals surface area contributed by atoms with Crippen LogP contribution >= 0.6 is 0 Å². The summed E-state index contributed by atoms with van der Waals surface area (Å²) in [6.45, 7) is 1.73. The van der Waals surface area contributed by atoms with E-state index in [2.05, 4.69) is 0 Å². The molecule has 0 heterocycles. The van der Waals surface area contributed by atoms with Crippen molar-refractivity contribution in [3.63, 3.8) is 0 Å². The highest BCUT2D eigenvalue weighted by Crippen LogP contribution is 2.30. The molecule has 1 aromatic rings. The largest absolute Gasteiger partial charge is 0.478 e. The lowest BCUT2D eigenvalue weighted by atomic mass is 10.0. The second-order valence-electron chi connectivity index (χ2n) is 3.67. The third kappa shape index (κ3) is 4.72. The van der Waals surface area contributed by atoms with E-state index in [9.17, 15) is 18.0 Å². The number of aryl methyl sites for hydroxylation is 1. The fraction of sp³-hybridized carbons (Fsp3) is 0.250. The van der Waals surface area contributed by atoms with Crippen LogP contribution in [0.2, 0.25) is 0 Å². The fourth-order valence-corrected chi connectivity index (χ4v) is 1.45. The summed E-state index contributed by atoms with van der Waals surface area (Å²) in [4.78, 5) is 10.5. The Kier molecular flexibility index (Phi) is 3.93. The van der Waals surface area contributed by atoms with Crippen molar-refractivity contribution in [3.05, 3.63) is 41.5 Å². The number of allylic oxidation sites excluding steroid dienone is 1. The highest BCUT2D eigenvalue weighted by molar-refractivity contribution is 5.90. The van der Waals surface area contributed by atoms with E-state index in [-0.39, 0.29) is 11.1 Å². The number of alkyl halides is 3. The van der Waals surface area contributed by atoms with Gasteiger partial charge < -0.3 is 5.11 Å². The zero-order valence-electron chi connectivity index (χ0n) is 9.08. The number of benzene rings is 1. The number of halogens is 3. The first-order valence-electron chi connectivity index (χ1n) is 4.85. The summed E-state index contributed by atoms with van der Waals surface area (Å²) in [6.07, 6.45) is -5.07. The first kappa shape index (κ1) is 13.3. The molecule has 0 aliphatic heterocycles. The van der Waals surface area contributed by atoms with E-state index in [0.717, 1.165) is 5.56 Å². The fourth-order valence-electron chi connectivity index (χ4n) is 1.45. The highest BCUT2D eigenvalue weighted by atomic mass is 19.4. The van der Waals surface area contributed by atoms with E-state index in [1.54, 1.807) is 19.1 Å². The van der Waals surface area contributed by atoms with E-state index >= 15 is 0 Å². The smallest absolute Gasteiger partial charge is 0.393 e. The van der Waals surface area contributed by atoms with E-state index in [1.807, 2.05) is 0 Å². The summed E-state index contributed by atoms with van der Waals surface area (Å²) in [5.41, 5.74) is 0.819. The van der Waals surface area contributed by atoms with Crippen molar-refractivity contribution in [1.29, 1.82) is 0 Å². The molecule has 92 valence electrons. The van der Waals surface area contributed by atoms with Gasteiger partial charge in [-0.15, -0.1) is 0 Å². The van der Waals surface area contributed by atoms with Gasteiger partial charge in [0.2, 0.25) is 0 Å². The van der Waals surface area contributed by atoms with Crippen LogP contribution in [-0.4, -0.2) is 17.3 Å². The van der Waals surface area contributed by atoms with Crippen LogP contribution in [0.4, 0.5) is 13.2 Å². The summed E-state index contributed by atoms with van der Waals surface area (Å²) in [6, 6.07) is 6.32. The average molecular weight is 244 g/mol. The lowest BCUT2D eigenvalue weighted by Crippen LogP contribution is -2.09. The molecule has 5 heteroatoms. The molecule has 0 spiro atoms. The van der Waals surface area contributed by atoms with Gasteiger partial charge in [0.1, 0.15) is 0 Å². The minimum atomic E-state index is -4.43. The van der Waals surface area contributed by atoms with Crippen LogP contribution < -0.4 is 0 Å². The Balaban J connectivity index is 3.12. The molecular weight excluding hydrogens is 233 g/mol. The predicted molar refractivity (Wildman–Crippen MR) is 57.5 cm³/mol. The van der Waals surface area contributed by atoms with Crippen molar-refractivity contribution >= 4 is 11.5 Å². The summed E-state index contributed by atoms with van der Waals surface area (Å²) >= 11 is 0. The van der Waals surface area contributed by atoms with Gasteiger partial charge >= 0.3 is 12.1 Å². The summed E-state index contributed by atoms with van der Waals surface area (Å²) in [5.74, 6) is -1.38. The van der Waals surface area contributed by atoms with Crippen molar-refractivity contribution < 1.29 is 23.1 Å². The van der Waals surface area contributed by atoms with Gasteiger partial charge in [-0.3, -0.25) is 0 Å². The number of hydrogen-bond donors (Lipinski definition) is 1. The topological polar surface area (TPSA) is 37.3 Å². The monoisotopic (exact) mass is 244 g/mol. The highest BCUT2D eigenvalue weighted by Gasteiger charge is 2.29. The average Bonchev–Trinajstić information content (AvgIpc) is 2.13. The summed E-state index contributed by atoms with van der Waals surface area (Å²) in [5, 5.41) is 8.57. The van der Waals surface area contributed by atoms with E-state index < -0.39 is 18.6 Å². The summed E-state index contributed by atoms with van der Waals surface area (Å²) < 4.78 is 36.9. The quantitative estimate of drug-likeness (QED) is 0.827. The Morgan fingerprint density at radius 1 is 1.41 bits per heavy atom. The van der Waals surface area contributed by atoms with E-state index in [0.29, 0.717) is 6.08 Å². The predicted octanol–water partition coefficient (Wildman–Crippen LogP) is 3.42. The Hall–Kier alpha value is -1.78. The number of carbonyl (C=O) groups is 1. The van der Waals surface area contributed by atoms with Crippen molar-refractivity contribution in [3.8, 4) is 0 Å². The maximum atomic E-state index is 12.3. The first-order valence-corrected chi connectivity index (χ1v) is 4.85. The van der Waals surface area contributed by atoms with Crippen molar-refractivity contribution in [1.82, 2.24) is 0 Å². The third-order valence-corrected chi connectivity index (χ3v) is 2.08. The Labute approximate surface area is 96.4 Å². The van der Waals surface area contributed by atoms with Gasteiger partial charge in [0.05, 0.1) is 6.42 Å². The number of hydrogen-bond acceptors (Lipinski definition) is 1. The SMILES string of the molecule is Cc1cccc(/C(=C/C(=O)O)CC(F)(F)F)c1. The zero-order chi connectivity index (χ0) is 13.1. The lowest BCUT2D eigenvalue weighted by Gasteiger charge is -2.10. The second kappa shape index (κ2) is 5.03.